The van der Waals surface area contributed by atoms with E-state index < -0.39 is 7.82 Å². The van der Waals surface area contributed by atoms with Crippen molar-refractivity contribution in [2.45, 2.75) is 0 Å². The maximum absolute atomic E-state index is 8.88. The Morgan fingerprint density at radius 1 is 1.00 bits per heavy atom. The summed E-state index contributed by atoms with van der Waals surface area (Å²) in [7, 11) is -4.64. The van der Waals surface area contributed by atoms with Gasteiger partial charge in [-0.2, -0.15) is 9.90 Å². The van der Waals surface area contributed by atoms with E-state index in [-0.39, 0.29) is 113 Å². The standard InChI is InChI=1S/2K.H3O4P.H3P.2H/c;;1-5(2,3)4;;;/h;;(H3,1,2,3,4);1H3;;. The molecule has 0 radical (unpaired) electrons. The van der Waals surface area contributed by atoms with E-state index in [0.717, 1.165) is 0 Å². The van der Waals surface area contributed by atoms with Gasteiger partial charge in [0, 0.05) is 0 Å². The van der Waals surface area contributed by atoms with Crippen LogP contribution in [0.3, 0.4) is 0 Å². The molecule has 0 amide bonds. The quantitative estimate of drug-likeness (QED) is 0.315. The fraction of sp³-hybridized carbons (Fsp3) is 0. The van der Waals surface area contributed by atoms with Crippen molar-refractivity contribution in [2.24, 2.45) is 0 Å². The molecule has 0 heterocycles. The monoisotopic (exact) mass is 212 g/mol. The van der Waals surface area contributed by atoms with E-state index >= 15 is 0 Å². The third-order valence-electron chi connectivity index (χ3n) is 0. The first-order valence-corrected chi connectivity index (χ1v) is 2.35. The van der Waals surface area contributed by atoms with Crippen molar-refractivity contribution in [1.82, 2.24) is 0 Å². The van der Waals surface area contributed by atoms with Crippen molar-refractivity contribution >= 4 is 120 Å². The molecule has 8 heavy (non-hydrogen) atoms. The Kier molecular flexibility index (Phi) is 30.6. The molecular formula is H8K2O4P2. The van der Waals surface area contributed by atoms with Crippen LogP contribution in [0.5, 0.6) is 0 Å². The molecule has 0 bridgehead atoms. The summed E-state index contributed by atoms with van der Waals surface area (Å²) >= 11 is 0. The van der Waals surface area contributed by atoms with Gasteiger partial charge in [0.05, 0.1) is 0 Å². The van der Waals surface area contributed by atoms with Gasteiger partial charge >= 0.3 is 111 Å². The van der Waals surface area contributed by atoms with Crippen LogP contribution in [0.1, 0.15) is 0 Å². The summed E-state index contributed by atoms with van der Waals surface area (Å²) < 4.78 is 8.88. The topological polar surface area (TPSA) is 77.8 Å². The first kappa shape index (κ1) is 22.6. The molecule has 0 saturated carbocycles. The zero-order chi connectivity index (χ0) is 4.50. The van der Waals surface area contributed by atoms with Crippen LogP contribution in [-0.2, 0) is 4.57 Å². The van der Waals surface area contributed by atoms with Gasteiger partial charge in [-0.3, -0.25) is 0 Å². The van der Waals surface area contributed by atoms with Gasteiger partial charge in [0.1, 0.15) is 0 Å². The first-order valence-electron chi connectivity index (χ1n) is 0.783. The number of hydrogen-bond acceptors (Lipinski definition) is 1. The van der Waals surface area contributed by atoms with Crippen LogP contribution in [-0.4, -0.2) is 117 Å². The molecule has 0 aromatic rings. The minimum atomic E-state index is -4.64. The van der Waals surface area contributed by atoms with Crippen molar-refractivity contribution in [3.8, 4) is 0 Å². The van der Waals surface area contributed by atoms with Crippen molar-refractivity contribution in [3.63, 3.8) is 0 Å². The summed E-state index contributed by atoms with van der Waals surface area (Å²) in [5, 5.41) is 0. The summed E-state index contributed by atoms with van der Waals surface area (Å²) in [5.41, 5.74) is 0. The summed E-state index contributed by atoms with van der Waals surface area (Å²) in [6, 6.07) is 0. The zero-order valence-electron chi connectivity index (χ0n) is 2.90. The van der Waals surface area contributed by atoms with Gasteiger partial charge in [0.2, 0.25) is 0 Å². The average molecular weight is 212 g/mol. The van der Waals surface area contributed by atoms with E-state index in [1.54, 1.807) is 0 Å². The van der Waals surface area contributed by atoms with Crippen LogP contribution in [0.2, 0.25) is 0 Å². The van der Waals surface area contributed by atoms with Crippen LogP contribution in [0, 0.1) is 0 Å². The Bertz CT molecular complexity index is 58.2. The fourth-order valence-corrected chi connectivity index (χ4v) is 0. The fourth-order valence-electron chi connectivity index (χ4n) is 0. The molecule has 0 aromatic heterocycles. The molecule has 0 saturated heterocycles. The Morgan fingerprint density at radius 3 is 1.00 bits per heavy atom. The summed E-state index contributed by atoms with van der Waals surface area (Å²) in [5.74, 6) is 0. The number of hydrogen-bond donors (Lipinski definition) is 3. The van der Waals surface area contributed by atoms with Crippen LogP contribution in [0.25, 0.3) is 0 Å². The second kappa shape index (κ2) is 10.8. The predicted molar refractivity (Wildman–Crippen MR) is 39.7 cm³/mol. The molecule has 0 aliphatic rings. The van der Waals surface area contributed by atoms with Gasteiger partial charge in [0.15, 0.2) is 0 Å². The second-order valence-corrected chi connectivity index (χ2v) is 1.54. The Morgan fingerprint density at radius 2 is 1.00 bits per heavy atom. The molecule has 0 aromatic carbocycles. The van der Waals surface area contributed by atoms with Crippen LogP contribution in [0.15, 0.2) is 0 Å². The normalized spacial score (nSPS) is 7.38. The van der Waals surface area contributed by atoms with Gasteiger partial charge in [-0.05, 0) is 0 Å². The molecule has 4 nitrogen and oxygen atoms in total. The van der Waals surface area contributed by atoms with Crippen molar-refractivity contribution in [1.29, 1.82) is 0 Å². The number of rotatable bonds is 0. The van der Waals surface area contributed by atoms with E-state index in [4.69, 9.17) is 19.2 Å². The van der Waals surface area contributed by atoms with Gasteiger partial charge in [-0.1, -0.05) is 0 Å². The average Bonchev–Trinajstić information content (AvgIpc) is 0.722. The van der Waals surface area contributed by atoms with E-state index in [0.29, 0.717) is 0 Å². The molecule has 1 unspecified atom stereocenters. The molecule has 3 N–H and O–H groups in total. The van der Waals surface area contributed by atoms with E-state index in [2.05, 4.69) is 0 Å². The van der Waals surface area contributed by atoms with E-state index in [1.165, 1.54) is 0 Å². The second-order valence-electron chi connectivity index (χ2n) is 0.513. The van der Waals surface area contributed by atoms with Crippen LogP contribution in [0.4, 0.5) is 0 Å². The van der Waals surface area contributed by atoms with Crippen LogP contribution < -0.4 is 0 Å². The van der Waals surface area contributed by atoms with Gasteiger partial charge in [-0.15, -0.1) is 0 Å². The molecule has 0 aliphatic carbocycles. The summed E-state index contributed by atoms with van der Waals surface area (Å²) in [4.78, 5) is 21.6. The molecule has 44 valence electrons. The SMILES string of the molecule is O=P(O)(O)O.P.[KH].[KH]. The Labute approximate surface area is 136 Å². The Balaban J connectivity index is -0.0000000267. The molecule has 0 rings (SSSR count). The molecular weight excluding hydrogens is 204 g/mol. The minimum absolute atomic E-state index is 0. The molecule has 0 fully saturated rings. The molecule has 0 aliphatic heterocycles. The summed E-state index contributed by atoms with van der Waals surface area (Å²) in [6.45, 7) is 0. The Hall–Kier alpha value is 3.81. The molecule has 0 spiro atoms. The van der Waals surface area contributed by atoms with E-state index in [9.17, 15) is 0 Å². The number of phosphoric acid groups is 1. The predicted octanol–water partition coefficient (Wildman–Crippen LogP) is -2.17. The van der Waals surface area contributed by atoms with Crippen LogP contribution >= 0.6 is 17.7 Å². The van der Waals surface area contributed by atoms with Gasteiger partial charge < -0.3 is 14.7 Å². The van der Waals surface area contributed by atoms with Crippen molar-refractivity contribution < 1.29 is 19.2 Å². The van der Waals surface area contributed by atoms with Gasteiger partial charge in [-0.25, -0.2) is 4.57 Å². The zero-order valence-corrected chi connectivity index (χ0v) is 5.21. The summed E-state index contributed by atoms with van der Waals surface area (Å²) in [6.07, 6.45) is 0. The third kappa shape index (κ3) is 52.4. The van der Waals surface area contributed by atoms with E-state index in [1.807, 2.05) is 0 Å². The maximum atomic E-state index is 8.88. The van der Waals surface area contributed by atoms with Gasteiger partial charge in [0.25, 0.3) is 0 Å². The first-order chi connectivity index (χ1) is 2.00. The molecule has 8 heteroatoms. The molecule has 1 atom stereocenters. The van der Waals surface area contributed by atoms with Crippen molar-refractivity contribution in [2.75, 3.05) is 0 Å². The third-order valence-corrected chi connectivity index (χ3v) is 0. The van der Waals surface area contributed by atoms with Crippen molar-refractivity contribution in [3.05, 3.63) is 0 Å².